The Morgan fingerprint density at radius 3 is 2.40 bits per heavy atom. The van der Waals surface area contributed by atoms with E-state index in [0.29, 0.717) is 6.61 Å². The van der Waals surface area contributed by atoms with Crippen LogP contribution in [0.25, 0.3) is 0 Å². The maximum atomic E-state index is 12.2. The molecule has 2 rings (SSSR count). The van der Waals surface area contributed by atoms with Gasteiger partial charge in [0.05, 0.1) is 11.5 Å². The van der Waals surface area contributed by atoms with Gasteiger partial charge in [-0.2, -0.15) is 0 Å². The zero-order valence-electron chi connectivity index (χ0n) is 11.2. The second-order valence-corrected chi connectivity index (χ2v) is 6.16. The highest BCUT2D eigenvalue weighted by molar-refractivity contribution is 7.89. The lowest BCUT2D eigenvalue weighted by Crippen LogP contribution is -2.23. The van der Waals surface area contributed by atoms with Crippen LogP contribution in [-0.4, -0.2) is 15.5 Å². The van der Waals surface area contributed by atoms with Gasteiger partial charge in [0.25, 0.3) is 0 Å². The molecule has 2 aromatic carbocycles. The van der Waals surface area contributed by atoms with E-state index in [1.807, 2.05) is 36.4 Å². The molecule has 5 heteroatoms. The van der Waals surface area contributed by atoms with Crippen LogP contribution in [0.1, 0.15) is 11.1 Å². The topological polar surface area (TPSA) is 55.4 Å². The van der Waals surface area contributed by atoms with Crippen molar-refractivity contribution in [2.24, 2.45) is 0 Å². The Morgan fingerprint density at radius 1 is 1.00 bits per heavy atom. The van der Waals surface area contributed by atoms with Gasteiger partial charge < -0.3 is 4.74 Å². The Balaban J connectivity index is 2.12. The van der Waals surface area contributed by atoms with Gasteiger partial charge in [-0.25, -0.2) is 13.1 Å². The summed E-state index contributed by atoms with van der Waals surface area (Å²) >= 11 is 0. The Hall–Kier alpha value is -1.69. The molecule has 20 heavy (non-hydrogen) atoms. The van der Waals surface area contributed by atoms with Gasteiger partial charge in [0, 0.05) is 13.7 Å². The minimum absolute atomic E-state index is 0.253. The fourth-order valence-corrected chi connectivity index (χ4v) is 2.91. The molecule has 0 fully saturated rings. The van der Waals surface area contributed by atoms with E-state index in [0.717, 1.165) is 11.1 Å². The molecule has 0 atom stereocenters. The zero-order chi connectivity index (χ0) is 14.4. The first-order valence-electron chi connectivity index (χ1n) is 6.23. The normalized spacial score (nSPS) is 11.4. The molecular formula is C15H17NO3S. The summed E-state index contributed by atoms with van der Waals surface area (Å²) in [6.07, 6.45) is 0. The van der Waals surface area contributed by atoms with Crippen LogP contribution in [0.4, 0.5) is 0 Å². The predicted molar refractivity (Wildman–Crippen MR) is 77.6 cm³/mol. The van der Waals surface area contributed by atoms with Crippen LogP contribution in [0.15, 0.2) is 59.5 Å². The molecule has 0 aliphatic carbocycles. The number of hydrogen-bond donors (Lipinski definition) is 1. The summed E-state index contributed by atoms with van der Waals surface area (Å²) in [6, 6.07) is 16.2. The minimum Gasteiger partial charge on any atom is -0.380 e. The van der Waals surface area contributed by atoms with Gasteiger partial charge in [-0.1, -0.05) is 42.5 Å². The van der Waals surface area contributed by atoms with Crippen LogP contribution < -0.4 is 4.72 Å². The number of benzene rings is 2. The first-order chi connectivity index (χ1) is 9.62. The lowest BCUT2D eigenvalue weighted by molar-refractivity contribution is 0.184. The molecule has 2 aromatic rings. The van der Waals surface area contributed by atoms with E-state index in [9.17, 15) is 8.42 Å². The monoisotopic (exact) mass is 291 g/mol. The Labute approximate surface area is 119 Å². The van der Waals surface area contributed by atoms with Gasteiger partial charge in [-0.05, 0) is 23.3 Å². The van der Waals surface area contributed by atoms with Crippen molar-refractivity contribution in [1.29, 1.82) is 0 Å². The molecule has 4 nitrogen and oxygen atoms in total. The number of ether oxygens (including phenoxy) is 1. The third-order valence-electron chi connectivity index (χ3n) is 2.83. The standard InChI is InChI=1S/C15H17NO3S/c1-19-12-14-8-5-9-15(10-14)20(17,18)16-11-13-6-3-2-4-7-13/h2-10,16H,11-12H2,1H3. The maximum absolute atomic E-state index is 12.2. The van der Waals surface area contributed by atoms with Gasteiger partial charge in [0.2, 0.25) is 10.0 Å². The number of nitrogens with one attached hydrogen (secondary N) is 1. The molecule has 0 aliphatic heterocycles. The SMILES string of the molecule is COCc1cccc(S(=O)(=O)NCc2ccccc2)c1. The van der Waals surface area contributed by atoms with Crippen LogP contribution in [0, 0.1) is 0 Å². The quantitative estimate of drug-likeness (QED) is 0.888. The van der Waals surface area contributed by atoms with E-state index < -0.39 is 10.0 Å². The molecule has 106 valence electrons. The second-order valence-electron chi connectivity index (χ2n) is 4.39. The predicted octanol–water partition coefficient (Wildman–Crippen LogP) is 2.31. The second kappa shape index (κ2) is 6.65. The van der Waals surface area contributed by atoms with Crippen LogP contribution in [0.3, 0.4) is 0 Å². The van der Waals surface area contributed by atoms with Crippen molar-refractivity contribution >= 4 is 10.0 Å². The fraction of sp³-hybridized carbons (Fsp3) is 0.200. The lowest BCUT2D eigenvalue weighted by atomic mass is 10.2. The fourth-order valence-electron chi connectivity index (χ4n) is 1.83. The third kappa shape index (κ3) is 3.90. The highest BCUT2D eigenvalue weighted by atomic mass is 32.2. The van der Waals surface area contributed by atoms with Gasteiger partial charge in [0.1, 0.15) is 0 Å². The number of hydrogen-bond acceptors (Lipinski definition) is 3. The maximum Gasteiger partial charge on any atom is 0.240 e. The van der Waals surface area contributed by atoms with Crippen LogP contribution >= 0.6 is 0 Å². The summed E-state index contributed by atoms with van der Waals surface area (Å²) in [5.41, 5.74) is 1.75. The van der Waals surface area contributed by atoms with Gasteiger partial charge >= 0.3 is 0 Å². The first-order valence-corrected chi connectivity index (χ1v) is 7.71. The summed E-state index contributed by atoms with van der Waals surface area (Å²) in [5, 5.41) is 0. The molecule has 0 bridgehead atoms. The van der Waals surface area contributed by atoms with E-state index in [-0.39, 0.29) is 11.4 Å². The zero-order valence-corrected chi connectivity index (χ0v) is 12.1. The Kier molecular flexibility index (Phi) is 4.89. The van der Waals surface area contributed by atoms with Crippen molar-refractivity contribution in [3.8, 4) is 0 Å². The summed E-state index contributed by atoms with van der Waals surface area (Å²) < 4.78 is 32.0. The summed E-state index contributed by atoms with van der Waals surface area (Å²) in [6.45, 7) is 0.666. The van der Waals surface area contributed by atoms with Gasteiger partial charge in [0.15, 0.2) is 0 Å². The van der Waals surface area contributed by atoms with Crippen molar-refractivity contribution in [3.05, 3.63) is 65.7 Å². The largest absolute Gasteiger partial charge is 0.380 e. The molecule has 0 radical (unpaired) electrons. The van der Waals surface area contributed by atoms with Gasteiger partial charge in [-0.15, -0.1) is 0 Å². The summed E-state index contributed by atoms with van der Waals surface area (Å²) in [5.74, 6) is 0. The lowest BCUT2D eigenvalue weighted by Gasteiger charge is -2.08. The highest BCUT2D eigenvalue weighted by Gasteiger charge is 2.13. The van der Waals surface area contributed by atoms with Gasteiger partial charge in [-0.3, -0.25) is 0 Å². The summed E-state index contributed by atoms with van der Waals surface area (Å²) in [7, 11) is -1.93. The van der Waals surface area contributed by atoms with E-state index in [1.165, 1.54) is 0 Å². The molecule has 0 amide bonds. The average molecular weight is 291 g/mol. The smallest absolute Gasteiger partial charge is 0.240 e. The molecule has 0 heterocycles. The number of rotatable bonds is 6. The van der Waals surface area contributed by atoms with E-state index in [2.05, 4.69) is 4.72 Å². The van der Waals surface area contributed by atoms with E-state index >= 15 is 0 Å². The number of methoxy groups -OCH3 is 1. The molecule has 0 unspecified atom stereocenters. The molecule has 0 saturated carbocycles. The average Bonchev–Trinajstić information content (AvgIpc) is 2.47. The molecule has 0 aromatic heterocycles. The van der Waals surface area contributed by atoms with Crippen molar-refractivity contribution in [1.82, 2.24) is 4.72 Å². The van der Waals surface area contributed by atoms with Crippen molar-refractivity contribution in [2.75, 3.05) is 7.11 Å². The van der Waals surface area contributed by atoms with Crippen molar-refractivity contribution < 1.29 is 13.2 Å². The van der Waals surface area contributed by atoms with E-state index in [4.69, 9.17) is 4.74 Å². The third-order valence-corrected chi connectivity index (χ3v) is 4.23. The van der Waals surface area contributed by atoms with Crippen LogP contribution in [-0.2, 0) is 27.9 Å². The molecule has 0 aliphatic rings. The van der Waals surface area contributed by atoms with Crippen LogP contribution in [0.2, 0.25) is 0 Å². The first kappa shape index (κ1) is 14.7. The molecule has 1 N–H and O–H groups in total. The molecular weight excluding hydrogens is 274 g/mol. The molecule has 0 spiro atoms. The van der Waals surface area contributed by atoms with Crippen LogP contribution in [0.5, 0.6) is 0 Å². The number of sulfonamides is 1. The Bertz CT molecular complexity index is 654. The van der Waals surface area contributed by atoms with Crippen molar-refractivity contribution in [3.63, 3.8) is 0 Å². The molecule has 0 saturated heterocycles. The summed E-state index contributed by atoms with van der Waals surface area (Å²) in [4.78, 5) is 0.253. The van der Waals surface area contributed by atoms with E-state index in [1.54, 1.807) is 25.3 Å². The minimum atomic E-state index is -3.50. The Morgan fingerprint density at radius 2 is 1.70 bits per heavy atom. The van der Waals surface area contributed by atoms with Crippen molar-refractivity contribution in [2.45, 2.75) is 18.0 Å². The highest BCUT2D eigenvalue weighted by Crippen LogP contribution is 2.12.